The molecule has 1 aliphatic heterocycles. The second kappa shape index (κ2) is 8.81. The molecule has 0 aromatic heterocycles. The Morgan fingerprint density at radius 1 is 1.28 bits per heavy atom. The van der Waals surface area contributed by atoms with Crippen LogP contribution in [0.1, 0.15) is 31.7 Å². The standard InChI is InChI=1S/C19H23N3O6S/c1-11(23)29-16-8-15(6-13-7-17(13)18(20)24)21(9-16)19(25)28-10-12-2-4-14(5-3-12)22(26)27/h2-5,13,15-17H,6-10H2,1H3,(H2,20,24). The quantitative estimate of drug-likeness (QED) is 0.528. The van der Waals surface area contributed by atoms with Crippen LogP contribution >= 0.6 is 11.8 Å². The summed E-state index contributed by atoms with van der Waals surface area (Å²) in [6.45, 7) is 1.90. The summed E-state index contributed by atoms with van der Waals surface area (Å²) in [4.78, 5) is 47.3. The van der Waals surface area contributed by atoms with Crippen molar-refractivity contribution in [2.45, 2.75) is 44.1 Å². The van der Waals surface area contributed by atoms with Crippen LogP contribution in [0.3, 0.4) is 0 Å². The third kappa shape index (κ3) is 5.47. The van der Waals surface area contributed by atoms with Gasteiger partial charge in [-0.2, -0.15) is 0 Å². The molecule has 29 heavy (non-hydrogen) atoms. The summed E-state index contributed by atoms with van der Waals surface area (Å²) in [6.07, 6.45) is 1.58. The number of nitrogens with two attached hydrogens (primary N) is 1. The minimum Gasteiger partial charge on any atom is -0.445 e. The van der Waals surface area contributed by atoms with Crippen molar-refractivity contribution in [1.29, 1.82) is 0 Å². The molecular weight excluding hydrogens is 398 g/mol. The van der Waals surface area contributed by atoms with Crippen molar-refractivity contribution in [2.24, 2.45) is 17.6 Å². The average molecular weight is 421 g/mol. The van der Waals surface area contributed by atoms with Gasteiger partial charge in [-0.05, 0) is 42.9 Å². The summed E-state index contributed by atoms with van der Waals surface area (Å²) in [7, 11) is 0. The van der Waals surface area contributed by atoms with Gasteiger partial charge in [-0.25, -0.2) is 4.79 Å². The van der Waals surface area contributed by atoms with Gasteiger partial charge < -0.3 is 15.4 Å². The minimum atomic E-state index is -0.491. The minimum absolute atomic E-state index is 0.00208. The summed E-state index contributed by atoms with van der Waals surface area (Å²) in [5.41, 5.74) is 5.97. The second-order valence-corrected chi connectivity index (χ2v) is 8.97. The molecule has 1 aliphatic carbocycles. The first-order valence-electron chi connectivity index (χ1n) is 9.38. The number of ether oxygens (including phenoxy) is 1. The molecule has 0 spiro atoms. The molecule has 1 saturated carbocycles. The molecule has 4 unspecified atom stereocenters. The number of nitrogens with zero attached hydrogens (tertiary/aromatic N) is 2. The third-order valence-electron chi connectivity index (χ3n) is 5.32. The number of nitro groups is 1. The van der Waals surface area contributed by atoms with E-state index < -0.39 is 11.0 Å². The lowest BCUT2D eigenvalue weighted by atomic mass is 10.1. The first kappa shape index (κ1) is 21.1. The summed E-state index contributed by atoms with van der Waals surface area (Å²) in [5, 5.41) is 10.7. The Morgan fingerprint density at radius 2 is 1.97 bits per heavy atom. The number of primary amides is 1. The monoisotopic (exact) mass is 421 g/mol. The van der Waals surface area contributed by atoms with E-state index in [0.29, 0.717) is 24.9 Å². The number of benzene rings is 1. The molecule has 1 aromatic carbocycles. The van der Waals surface area contributed by atoms with Crippen molar-refractivity contribution in [1.82, 2.24) is 4.90 Å². The van der Waals surface area contributed by atoms with Gasteiger partial charge in [0.05, 0.1) is 4.92 Å². The first-order chi connectivity index (χ1) is 13.7. The van der Waals surface area contributed by atoms with Crippen molar-refractivity contribution < 1.29 is 24.0 Å². The van der Waals surface area contributed by atoms with Gasteiger partial charge in [0.15, 0.2) is 5.12 Å². The zero-order valence-electron chi connectivity index (χ0n) is 16.0. The Morgan fingerprint density at radius 3 is 2.52 bits per heavy atom. The van der Waals surface area contributed by atoms with Gasteiger partial charge in [0, 0.05) is 42.8 Å². The van der Waals surface area contributed by atoms with E-state index in [2.05, 4.69) is 0 Å². The lowest BCUT2D eigenvalue weighted by Gasteiger charge is -2.24. The number of non-ortho nitro benzene ring substituents is 1. The maximum absolute atomic E-state index is 12.7. The molecule has 1 saturated heterocycles. The zero-order valence-corrected chi connectivity index (χ0v) is 16.8. The van der Waals surface area contributed by atoms with E-state index >= 15 is 0 Å². The molecule has 2 N–H and O–H groups in total. The maximum atomic E-state index is 12.7. The van der Waals surface area contributed by atoms with Gasteiger partial charge in [0.2, 0.25) is 5.91 Å². The Bertz CT molecular complexity index is 815. The molecule has 4 atom stereocenters. The summed E-state index contributed by atoms with van der Waals surface area (Å²) in [6, 6.07) is 5.70. The zero-order chi connectivity index (χ0) is 21.1. The van der Waals surface area contributed by atoms with Crippen LogP contribution in [0, 0.1) is 22.0 Å². The van der Waals surface area contributed by atoms with Gasteiger partial charge in [-0.3, -0.25) is 19.7 Å². The lowest BCUT2D eigenvalue weighted by molar-refractivity contribution is -0.384. The average Bonchev–Trinajstić information content (AvgIpc) is 3.32. The molecular formula is C19H23N3O6S. The normalized spacial score (nSPS) is 25.5. The number of likely N-dealkylation sites (tertiary alicyclic amines) is 1. The highest BCUT2D eigenvalue weighted by molar-refractivity contribution is 8.14. The smallest absolute Gasteiger partial charge is 0.410 e. The number of rotatable bonds is 7. The van der Waals surface area contributed by atoms with E-state index in [1.165, 1.54) is 30.8 Å². The van der Waals surface area contributed by atoms with Gasteiger partial charge >= 0.3 is 6.09 Å². The number of thioether (sulfide) groups is 1. The molecule has 1 aromatic rings. The van der Waals surface area contributed by atoms with Crippen molar-refractivity contribution in [3.63, 3.8) is 0 Å². The molecule has 1 heterocycles. The topological polar surface area (TPSA) is 133 Å². The van der Waals surface area contributed by atoms with E-state index in [-0.39, 0.29) is 46.4 Å². The maximum Gasteiger partial charge on any atom is 0.410 e. The van der Waals surface area contributed by atoms with E-state index in [0.717, 1.165) is 6.42 Å². The highest BCUT2D eigenvalue weighted by atomic mass is 32.2. The van der Waals surface area contributed by atoms with Crippen LogP contribution in [0.2, 0.25) is 0 Å². The van der Waals surface area contributed by atoms with Crippen LogP contribution < -0.4 is 5.73 Å². The fraction of sp³-hybridized carbons (Fsp3) is 0.526. The molecule has 0 bridgehead atoms. The number of carbonyl (C=O) groups is 3. The Balaban J connectivity index is 1.59. The fourth-order valence-electron chi connectivity index (χ4n) is 3.79. The van der Waals surface area contributed by atoms with Crippen LogP contribution in [-0.2, 0) is 20.9 Å². The number of nitro benzene ring substituents is 1. The highest BCUT2D eigenvalue weighted by Crippen LogP contribution is 2.44. The number of hydrogen-bond donors (Lipinski definition) is 1. The largest absolute Gasteiger partial charge is 0.445 e. The highest BCUT2D eigenvalue weighted by Gasteiger charge is 2.46. The Kier molecular flexibility index (Phi) is 6.41. The van der Waals surface area contributed by atoms with Gasteiger partial charge in [-0.15, -0.1) is 0 Å². The van der Waals surface area contributed by atoms with Crippen LogP contribution in [0.25, 0.3) is 0 Å². The predicted molar refractivity (Wildman–Crippen MR) is 106 cm³/mol. The van der Waals surface area contributed by atoms with Gasteiger partial charge in [0.1, 0.15) is 6.61 Å². The van der Waals surface area contributed by atoms with E-state index in [1.54, 1.807) is 17.0 Å². The SMILES string of the molecule is CC(=O)SC1CC(CC2CC2C(N)=O)N(C(=O)OCc2ccc([N+](=O)[O-])cc2)C1. The van der Waals surface area contributed by atoms with Crippen LogP contribution in [0.4, 0.5) is 10.5 Å². The number of carbonyl (C=O) groups excluding carboxylic acids is 3. The number of hydrogen-bond acceptors (Lipinski definition) is 7. The number of amides is 2. The van der Waals surface area contributed by atoms with Gasteiger partial charge in [-0.1, -0.05) is 11.8 Å². The third-order valence-corrected chi connectivity index (χ3v) is 6.32. The van der Waals surface area contributed by atoms with E-state index in [4.69, 9.17) is 10.5 Å². The summed E-state index contributed by atoms with van der Waals surface area (Å²) >= 11 is 1.22. The molecule has 2 amide bonds. The van der Waals surface area contributed by atoms with Crippen molar-refractivity contribution >= 4 is 34.6 Å². The molecule has 3 rings (SSSR count). The second-order valence-electron chi connectivity index (χ2n) is 7.49. The van der Waals surface area contributed by atoms with Crippen molar-refractivity contribution in [3.8, 4) is 0 Å². The molecule has 2 aliphatic rings. The fourth-order valence-corrected chi connectivity index (χ4v) is 4.81. The summed E-state index contributed by atoms with van der Waals surface area (Å²) < 4.78 is 5.40. The van der Waals surface area contributed by atoms with Gasteiger partial charge in [0.25, 0.3) is 5.69 Å². The molecule has 0 radical (unpaired) electrons. The molecule has 9 nitrogen and oxygen atoms in total. The van der Waals surface area contributed by atoms with Crippen molar-refractivity contribution in [2.75, 3.05) is 6.54 Å². The summed E-state index contributed by atoms with van der Waals surface area (Å²) in [5.74, 6) is -0.272. The first-order valence-corrected chi connectivity index (χ1v) is 10.3. The van der Waals surface area contributed by atoms with E-state index in [9.17, 15) is 24.5 Å². The molecule has 156 valence electrons. The van der Waals surface area contributed by atoms with Crippen LogP contribution in [0.15, 0.2) is 24.3 Å². The van der Waals surface area contributed by atoms with Crippen LogP contribution in [-0.4, -0.2) is 44.8 Å². The Hall–Kier alpha value is -2.62. The predicted octanol–water partition coefficient (Wildman–Crippen LogP) is 2.47. The Labute approximate surface area is 172 Å². The van der Waals surface area contributed by atoms with Crippen LogP contribution in [0.5, 0.6) is 0 Å². The molecule has 2 fully saturated rings. The van der Waals surface area contributed by atoms with E-state index in [1.807, 2.05) is 0 Å². The van der Waals surface area contributed by atoms with Crippen molar-refractivity contribution in [3.05, 3.63) is 39.9 Å². The lowest BCUT2D eigenvalue weighted by Crippen LogP contribution is -2.36. The molecule has 10 heteroatoms.